The third-order valence-electron chi connectivity index (χ3n) is 9.57. The zero-order chi connectivity index (χ0) is 35.4. The first-order valence-corrected chi connectivity index (χ1v) is 17.2. The first-order valence-electron chi connectivity index (χ1n) is 17.2. The van der Waals surface area contributed by atoms with Gasteiger partial charge in [-0.05, 0) is 66.2 Å². The van der Waals surface area contributed by atoms with Crippen LogP contribution in [0.5, 0.6) is 0 Å². The van der Waals surface area contributed by atoms with E-state index in [0.717, 1.165) is 22.3 Å². The van der Waals surface area contributed by atoms with Crippen LogP contribution in [-0.2, 0) is 31.2 Å². The molecule has 2 nitrogen and oxygen atoms in total. The number of benzene rings is 4. The summed E-state index contributed by atoms with van der Waals surface area (Å²) in [5, 5.41) is 0. The fourth-order valence-electron chi connectivity index (χ4n) is 6.35. The van der Waals surface area contributed by atoms with Gasteiger partial charge in [0.15, 0.2) is 11.6 Å². The fourth-order valence-corrected chi connectivity index (χ4v) is 6.35. The maximum atomic E-state index is 15.2. The van der Waals surface area contributed by atoms with Gasteiger partial charge >= 0.3 is 0 Å². The van der Waals surface area contributed by atoms with E-state index in [1.807, 2.05) is 48.5 Å². The van der Waals surface area contributed by atoms with Crippen LogP contribution in [0.3, 0.4) is 0 Å². The average molecular weight is 637 g/mol. The second-order valence-corrected chi connectivity index (χ2v) is 17.5. The van der Waals surface area contributed by atoms with Crippen LogP contribution in [0.1, 0.15) is 128 Å². The van der Waals surface area contributed by atoms with Gasteiger partial charge in [0.2, 0.25) is 0 Å². The highest BCUT2D eigenvalue weighted by Crippen LogP contribution is 2.45. The summed E-state index contributed by atoms with van der Waals surface area (Å²) in [5.41, 5.74) is 9.33. The number of ketones is 2. The van der Waals surface area contributed by atoms with E-state index in [-0.39, 0.29) is 33.2 Å². The summed E-state index contributed by atoms with van der Waals surface area (Å²) in [4.78, 5) is 30.4. The molecule has 0 amide bonds. The van der Waals surface area contributed by atoms with Crippen LogP contribution in [0.4, 0.5) is 0 Å². The van der Waals surface area contributed by atoms with Crippen molar-refractivity contribution in [3.63, 3.8) is 0 Å². The molecule has 0 radical (unpaired) electrons. The Kier molecular flexibility index (Phi) is 8.97. The quantitative estimate of drug-likeness (QED) is 0.209. The van der Waals surface area contributed by atoms with Crippen LogP contribution in [-0.4, -0.2) is 11.6 Å². The smallest absolute Gasteiger partial charge is 0.195 e. The molecule has 0 unspecified atom stereocenters. The van der Waals surface area contributed by atoms with E-state index in [4.69, 9.17) is 0 Å². The van der Waals surface area contributed by atoms with E-state index in [9.17, 15) is 0 Å². The standard InChI is InChI=1S/C46H52O2/c1-43(2,3)33-21-13-29(14-22-33)37-38(30-15-23-34(24-16-30)44(4,5)6)42(48)40(32-19-27-36(28-20-32)46(10,11)12)39(41(37)47)31-17-25-35(26-18-31)45(7,8)9/h13-28H,1-12H3. The van der Waals surface area contributed by atoms with Crippen LogP contribution in [0.15, 0.2) is 97.1 Å². The molecule has 0 aromatic heterocycles. The molecule has 248 valence electrons. The molecule has 0 saturated heterocycles. The normalized spacial score (nSPS) is 15.0. The minimum atomic E-state index is -0.133. The maximum Gasteiger partial charge on any atom is 0.195 e. The van der Waals surface area contributed by atoms with Crippen LogP contribution < -0.4 is 0 Å². The summed E-state index contributed by atoms with van der Waals surface area (Å²) in [6.07, 6.45) is 0. The molecule has 0 N–H and O–H groups in total. The third-order valence-corrected chi connectivity index (χ3v) is 9.57. The lowest BCUT2D eigenvalue weighted by Gasteiger charge is -2.27. The topological polar surface area (TPSA) is 34.1 Å². The van der Waals surface area contributed by atoms with Crippen molar-refractivity contribution in [2.45, 2.75) is 105 Å². The summed E-state index contributed by atoms with van der Waals surface area (Å²) in [6, 6.07) is 32.8. The van der Waals surface area contributed by atoms with E-state index >= 15 is 9.59 Å². The Morgan fingerprint density at radius 3 is 0.542 bits per heavy atom. The van der Waals surface area contributed by atoms with Crippen LogP contribution in [0.2, 0.25) is 0 Å². The van der Waals surface area contributed by atoms with Crippen molar-refractivity contribution >= 4 is 33.9 Å². The largest absolute Gasteiger partial charge is 0.289 e. The van der Waals surface area contributed by atoms with Gasteiger partial charge in [0.25, 0.3) is 0 Å². The van der Waals surface area contributed by atoms with Gasteiger partial charge in [0.05, 0.1) is 0 Å². The second kappa shape index (κ2) is 12.3. The number of carbonyl (C=O) groups is 2. The molecule has 0 heterocycles. The molecule has 2 heteroatoms. The van der Waals surface area contributed by atoms with Gasteiger partial charge in [-0.2, -0.15) is 0 Å². The van der Waals surface area contributed by atoms with Crippen molar-refractivity contribution < 1.29 is 9.59 Å². The lowest BCUT2D eigenvalue weighted by atomic mass is 9.73. The Balaban J connectivity index is 1.81. The Labute approximate surface area is 289 Å². The predicted molar refractivity (Wildman–Crippen MR) is 204 cm³/mol. The number of hydrogen-bond donors (Lipinski definition) is 0. The molecule has 0 spiro atoms. The first kappa shape index (κ1) is 35.0. The molecule has 0 atom stereocenters. The molecule has 5 rings (SSSR count). The fraction of sp³-hybridized carbons (Fsp3) is 0.348. The summed E-state index contributed by atoms with van der Waals surface area (Å²) in [6.45, 7) is 26.1. The molecule has 4 aromatic rings. The molecule has 0 saturated carbocycles. The van der Waals surface area contributed by atoms with E-state index in [2.05, 4.69) is 132 Å². The van der Waals surface area contributed by atoms with E-state index in [1.165, 1.54) is 22.3 Å². The minimum absolute atomic E-state index is 0.0445. The van der Waals surface area contributed by atoms with Crippen LogP contribution >= 0.6 is 0 Å². The number of allylic oxidation sites excluding steroid dienone is 4. The van der Waals surface area contributed by atoms with Crippen molar-refractivity contribution in [2.24, 2.45) is 0 Å². The van der Waals surface area contributed by atoms with Crippen molar-refractivity contribution in [3.8, 4) is 0 Å². The van der Waals surface area contributed by atoms with Crippen molar-refractivity contribution in [1.82, 2.24) is 0 Å². The Bertz CT molecular complexity index is 1610. The minimum Gasteiger partial charge on any atom is -0.289 e. The monoisotopic (exact) mass is 636 g/mol. The second-order valence-electron chi connectivity index (χ2n) is 17.5. The SMILES string of the molecule is CC(C)(C)c1ccc(C2=C(c3ccc(C(C)(C)C)cc3)C(=O)C(c3ccc(C(C)(C)C)cc3)=C(c3ccc(C(C)(C)C)cc3)C2=O)cc1. The molecule has 1 aliphatic rings. The number of rotatable bonds is 4. The van der Waals surface area contributed by atoms with E-state index in [1.54, 1.807) is 0 Å². The highest BCUT2D eigenvalue weighted by molar-refractivity contribution is 6.66. The Morgan fingerprint density at radius 1 is 0.271 bits per heavy atom. The lowest BCUT2D eigenvalue weighted by molar-refractivity contribution is -0.111. The zero-order valence-corrected chi connectivity index (χ0v) is 31.1. The zero-order valence-electron chi connectivity index (χ0n) is 31.1. The lowest BCUT2D eigenvalue weighted by Crippen LogP contribution is -2.22. The molecule has 0 aliphatic heterocycles. The van der Waals surface area contributed by atoms with Crippen molar-refractivity contribution in [1.29, 1.82) is 0 Å². The third kappa shape index (κ3) is 6.95. The van der Waals surface area contributed by atoms with Crippen molar-refractivity contribution in [3.05, 3.63) is 142 Å². The van der Waals surface area contributed by atoms with Gasteiger partial charge in [0.1, 0.15) is 0 Å². The summed E-state index contributed by atoms with van der Waals surface area (Å²) in [7, 11) is 0. The number of Topliss-reactive ketones (excluding diaryl/α,β-unsaturated/α-hetero) is 2. The summed E-state index contributed by atoms with van der Waals surface area (Å²) in [5.74, 6) is -0.266. The number of carbonyl (C=O) groups excluding carboxylic acids is 2. The van der Waals surface area contributed by atoms with Crippen molar-refractivity contribution in [2.75, 3.05) is 0 Å². The first-order chi connectivity index (χ1) is 22.2. The number of hydrogen-bond acceptors (Lipinski definition) is 2. The molecular weight excluding hydrogens is 585 g/mol. The van der Waals surface area contributed by atoms with Crippen LogP contribution in [0.25, 0.3) is 22.3 Å². The van der Waals surface area contributed by atoms with E-state index < -0.39 is 0 Å². The van der Waals surface area contributed by atoms with Gasteiger partial charge in [-0.1, -0.05) is 180 Å². The van der Waals surface area contributed by atoms with Gasteiger partial charge in [0, 0.05) is 22.3 Å². The predicted octanol–water partition coefficient (Wildman–Crippen LogP) is 11.6. The molecule has 1 aliphatic carbocycles. The van der Waals surface area contributed by atoms with Crippen LogP contribution in [0, 0.1) is 0 Å². The average Bonchev–Trinajstić information content (AvgIpc) is 3.00. The van der Waals surface area contributed by atoms with Gasteiger partial charge in [-0.25, -0.2) is 0 Å². The highest BCUT2D eigenvalue weighted by atomic mass is 16.1. The van der Waals surface area contributed by atoms with Gasteiger partial charge in [-0.15, -0.1) is 0 Å². The molecule has 48 heavy (non-hydrogen) atoms. The molecule has 4 aromatic carbocycles. The van der Waals surface area contributed by atoms with Gasteiger partial charge < -0.3 is 0 Å². The van der Waals surface area contributed by atoms with E-state index in [0.29, 0.717) is 22.3 Å². The summed E-state index contributed by atoms with van der Waals surface area (Å²) >= 11 is 0. The summed E-state index contributed by atoms with van der Waals surface area (Å²) < 4.78 is 0. The molecule has 0 bridgehead atoms. The maximum absolute atomic E-state index is 15.2. The Hall–Kier alpha value is -4.30. The molecular formula is C46H52O2. The highest BCUT2D eigenvalue weighted by Gasteiger charge is 2.37. The molecule has 0 fully saturated rings. The van der Waals surface area contributed by atoms with Gasteiger partial charge in [-0.3, -0.25) is 9.59 Å². The Morgan fingerprint density at radius 2 is 0.417 bits per heavy atom.